The molecule has 0 aliphatic heterocycles. The molecule has 2 unspecified atom stereocenters. The van der Waals surface area contributed by atoms with Gasteiger partial charge in [-0.15, -0.1) is 11.8 Å². The number of aliphatic carboxylic acids is 1. The third kappa shape index (κ3) is 5.42. The van der Waals surface area contributed by atoms with Crippen molar-refractivity contribution in [2.24, 2.45) is 5.92 Å². The van der Waals surface area contributed by atoms with Crippen molar-refractivity contribution < 1.29 is 14.7 Å². The first-order valence-electron chi connectivity index (χ1n) is 7.28. The normalized spacial score (nSPS) is 13.5. The van der Waals surface area contributed by atoms with Crippen LogP contribution in [0.3, 0.4) is 0 Å². The van der Waals surface area contributed by atoms with E-state index < -0.39 is 11.2 Å². The Morgan fingerprint density at radius 3 is 2.52 bits per heavy atom. The van der Waals surface area contributed by atoms with Crippen molar-refractivity contribution in [2.45, 2.75) is 50.2 Å². The predicted octanol–water partition coefficient (Wildman–Crippen LogP) is 4.02. The number of carboxylic acid groups (broad SMARTS) is 1. The number of hydrogen-bond acceptors (Lipinski definition) is 3. The van der Waals surface area contributed by atoms with Gasteiger partial charge in [-0.25, -0.2) is 0 Å². The summed E-state index contributed by atoms with van der Waals surface area (Å²) in [5.74, 6) is -0.897. The van der Waals surface area contributed by atoms with Crippen molar-refractivity contribution in [1.82, 2.24) is 0 Å². The molecule has 0 spiro atoms. The van der Waals surface area contributed by atoms with Crippen LogP contribution in [0.15, 0.2) is 29.2 Å². The van der Waals surface area contributed by atoms with Crippen LogP contribution in [-0.4, -0.2) is 22.2 Å². The van der Waals surface area contributed by atoms with Gasteiger partial charge in [0.1, 0.15) is 5.25 Å². The minimum absolute atomic E-state index is 0.0201. The molecule has 1 aromatic carbocycles. The number of anilines is 1. The molecule has 0 saturated carbocycles. The fraction of sp³-hybridized carbons (Fsp3) is 0.500. The van der Waals surface area contributed by atoms with Gasteiger partial charge in [-0.2, -0.15) is 0 Å². The van der Waals surface area contributed by atoms with Gasteiger partial charge in [-0.3, -0.25) is 9.59 Å². The van der Waals surface area contributed by atoms with E-state index >= 15 is 0 Å². The first kappa shape index (κ1) is 17.6. The van der Waals surface area contributed by atoms with E-state index in [-0.39, 0.29) is 11.8 Å². The summed E-state index contributed by atoms with van der Waals surface area (Å²) in [4.78, 5) is 24.1. The number of hydrogen-bond donors (Lipinski definition) is 2. The molecule has 0 bridgehead atoms. The van der Waals surface area contributed by atoms with E-state index in [2.05, 4.69) is 5.32 Å². The molecule has 5 heteroatoms. The monoisotopic (exact) mass is 309 g/mol. The third-order valence-corrected chi connectivity index (χ3v) is 4.66. The molecule has 1 rings (SSSR count). The molecule has 21 heavy (non-hydrogen) atoms. The third-order valence-electron chi connectivity index (χ3n) is 3.23. The number of amides is 1. The van der Waals surface area contributed by atoms with Gasteiger partial charge in [0.05, 0.1) is 5.69 Å². The van der Waals surface area contributed by atoms with Gasteiger partial charge in [-0.05, 0) is 25.0 Å². The molecular formula is C16H23NO3S. The first-order chi connectivity index (χ1) is 9.99. The molecule has 1 aromatic rings. The summed E-state index contributed by atoms with van der Waals surface area (Å²) >= 11 is 1.28. The highest BCUT2D eigenvalue weighted by Gasteiger charge is 2.19. The van der Waals surface area contributed by atoms with Crippen molar-refractivity contribution in [2.75, 3.05) is 5.32 Å². The van der Waals surface area contributed by atoms with Gasteiger partial charge in [0.2, 0.25) is 5.91 Å². The number of rotatable bonds is 8. The number of thioether (sulfide) groups is 1. The highest BCUT2D eigenvalue weighted by atomic mass is 32.2. The van der Waals surface area contributed by atoms with Crippen LogP contribution in [0.25, 0.3) is 0 Å². The number of carbonyl (C=O) groups is 2. The van der Waals surface area contributed by atoms with Crippen molar-refractivity contribution in [3.05, 3.63) is 24.3 Å². The van der Waals surface area contributed by atoms with Crippen LogP contribution in [0.2, 0.25) is 0 Å². The Kier molecular flexibility index (Phi) is 7.29. The van der Waals surface area contributed by atoms with E-state index in [1.807, 2.05) is 45.0 Å². The highest BCUT2D eigenvalue weighted by Crippen LogP contribution is 2.32. The molecule has 0 radical (unpaired) electrons. The highest BCUT2D eigenvalue weighted by molar-refractivity contribution is 8.00. The molecular weight excluding hydrogens is 286 g/mol. The maximum Gasteiger partial charge on any atom is 0.316 e. The van der Waals surface area contributed by atoms with Crippen LogP contribution in [0.4, 0.5) is 5.69 Å². The molecule has 116 valence electrons. The Balaban J connectivity index is 2.84. The topological polar surface area (TPSA) is 66.4 Å². The lowest BCUT2D eigenvalue weighted by molar-refractivity contribution is -0.136. The molecule has 2 atom stereocenters. The van der Waals surface area contributed by atoms with Gasteiger partial charge in [0.25, 0.3) is 0 Å². The number of carboxylic acids is 1. The Bertz CT molecular complexity index is 490. The summed E-state index contributed by atoms with van der Waals surface area (Å²) in [6.45, 7) is 5.79. The summed E-state index contributed by atoms with van der Waals surface area (Å²) < 4.78 is 0. The van der Waals surface area contributed by atoms with Crippen LogP contribution >= 0.6 is 11.8 Å². The van der Waals surface area contributed by atoms with Gasteiger partial charge in [-0.1, -0.05) is 39.3 Å². The zero-order valence-corrected chi connectivity index (χ0v) is 13.6. The Hall–Kier alpha value is -1.49. The van der Waals surface area contributed by atoms with E-state index in [0.29, 0.717) is 12.1 Å². The fourth-order valence-electron chi connectivity index (χ4n) is 1.95. The van der Waals surface area contributed by atoms with Crippen LogP contribution in [0.1, 0.15) is 40.0 Å². The smallest absolute Gasteiger partial charge is 0.316 e. The molecule has 0 saturated heterocycles. The lowest BCUT2D eigenvalue weighted by atomic mass is 10.1. The lowest BCUT2D eigenvalue weighted by Crippen LogP contribution is -2.21. The minimum atomic E-state index is -0.831. The van der Waals surface area contributed by atoms with Crippen LogP contribution in [0.5, 0.6) is 0 Å². The van der Waals surface area contributed by atoms with E-state index in [0.717, 1.165) is 17.7 Å². The average Bonchev–Trinajstić information content (AvgIpc) is 2.46. The van der Waals surface area contributed by atoms with Crippen molar-refractivity contribution in [3.8, 4) is 0 Å². The van der Waals surface area contributed by atoms with Gasteiger partial charge >= 0.3 is 5.97 Å². The number of para-hydroxylation sites is 1. The van der Waals surface area contributed by atoms with E-state index in [9.17, 15) is 9.59 Å². The van der Waals surface area contributed by atoms with Gasteiger partial charge in [0.15, 0.2) is 0 Å². The summed E-state index contributed by atoms with van der Waals surface area (Å²) in [6.07, 6.45) is 2.34. The van der Waals surface area contributed by atoms with Crippen molar-refractivity contribution in [3.63, 3.8) is 0 Å². The first-order valence-corrected chi connectivity index (χ1v) is 8.16. The molecule has 0 heterocycles. The van der Waals surface area contributed by atoms with Gasteiger partial charge < -0.3 is 10.4 Å². The molecule has 0 aliphatic carbocycles. The summed E-state index contributed by atoms with van der Waals surface area (Å²) in [5.41, 5.74) is 0.690. The zero-order chi connectivity index (χ0) is 15.8. The maximum absolute atomic E-state index is 12.1. The second kappa shape index (κ2) is 8.72. The van der Waals surface area contributed by atoms with Crippen LogP contribution < -0.4 is 5.32 Å². The molecule has 1 amide bonds. The predicted molar refractivity (Wildman–Crippen MR) is 86.7 cm³/mol. The average molecular weight is 309 g/mol. The minimum Gasteiger partial charge on any atom is -0.480 e. The second-order valence-electron chi connectivity index (χ2n) is 5.03. The number of nitrogens with one attached hydrogen (secondary N) is 1. The zero-order valence-electron chi connectivity index (χ0n) is 12.8. The van der Waals surface area contributed by atoms with Crippen molar-refractivity contribution in [1.29, 1.82) is 0 Å². The van der Waals surface area contributed by atoms with Crippen LogP contribution in [0, 0.1) is 5.92 Å². The Morgan fingerprint density at radius 1 is 1.29 bits per heavy atom. The summed E-state index contributed by atoms with van der Waals surface area (Å²) in [6, 6.07) is 7.34. The largest absolute Gasteiger partial charge is 0.480 e. The SMILES string of the molecule is CCCC(C)C(=O)Nc1ccccc1SC(CC)C(=O)O. The fourth-order valence-corrected chi connectivity index (χ4v) is 2.93. The number of benzene rings is 1. The summed E-state index contributed by atoms with van der Waals surface area (Å²) in [5, 5.41) is 11.6. The van der Waals surface area contributed by atoms with E-state index in [4.69, 9.17) is 5.11 Å². The Labute approximate surface area is 130 Å². The molecule has 0 aliphatic rings. The molecule has 0 fully saturated rings. The Morgan fingerprint density at radius 2 is 1.95 bits per heavy atom. The van der Waals surface area contributed by atoms with Crippen LogP contribution in [-0.2, 0) is 9.59 Å². The molecule has 2 N–H and O–H groups in total. The second-order valence-corrected chi connectivity index (χ2v) is 6.27. The van der Waals surface area contributed by atoms with E-state index in [1.165, 1.54) is 11.8 Å². The molecule has 4 nitrogen and oxygen atoms in total. The van der Waals surface area contributed by atoms with Crippen molar-refractivity contribution >= 4 is 29.3 Å². The van der Waals surface area contributed by atoms with E-state index in [1.54, 1.807) is 0 Å². The molecule has 0 aromatic heterocycles. The lowest BCUT2D eigenvalue weighted by Gasteiger charge is -2.16. The maximum atomic E-state index is 12.1. The summed E-state index contributed by atoms with van der Waals surface area (Å²) in [7, 11) is 0. The van der Waals surface area contributed by atoms with Gasteiger partial charge in [0, 0.05) is 10.8 Å². The number of carbonyl (C=O) groups excluding carboxylic acids is 1. The standard InChI is InChI=1S/C16H23NO3S/c1-4-8-11(3)15(18)17-12-9-6-7-10-14(12)21-13(5-2)16(19)20/h6-7,9-11,13H,4-5,8H2,1-3H3,(H,17,18)(H,19,20). The quantitative estimate of drug-likeness (QED) is 0.712.